The van der Waals surface area contributed by atoms with Crippen molar-refractivity contribution < 1.29 is 14.6 Å². The molecule has 1 amide bonds. The van der Waals surface area contributed by atoms with E-state index in [1.807, 2.05) is 49.1 Å². The SMILES string of the molecule is COc1ccccc1N1CCN(CC(O)c2ccc3c(c2)CCCN3C(=O)C(C)C)CC1. The van der Waals surface area contributed by atoms with E-state index in [4.69, 9.17) is 4.74 Å². The number of benzene rings is 2. The fourth-order valence-electron chi connectivity index (χ4n) is 4.78. The van der Waals surface area contributed by atoms with Gasteiger partial charge in [-0.3, -0.25) is 9.69 Å². The molecule has 0 radical (unpaired) electrons. The lowest BCUT2D eigenvalue weighted by molar-refractivity contribution is -0.121. The largest absolute Gasteiger partial charge is 0.495 e. The van der Waals surface area contributed by atoms with Gasteiger partial charge in [0.05, 0.1) is 18.9 Å². The average molecular weight is 438 g/mol. The third-order valence-corrected chi connectivity index (χ3v) is 6.60. The number of para-hydroxylation sites is 2. The first kappa shape index (κ1) is 22.6. The Hall–Kier alpha value is -2.57. The number of hydrogen-bond donors (Lipinski definition) is 1. The van der Waals surface area contributed by atoms with E-state index < -0.39 is 6.10 Å². The average Bonchev–Trinajstić information content (AvgIpc) is 2.83. The Morgan fingerprint density at radius 1 is 1.03 bits per heavy atom. The van der Waals surface area contributed by atoms with Crippen molar-refractivity contribution >= 4 is 17.3 Å². The first-order chi connectivity index (χ1) is 15.5. The summed E-state index contributed by atoms with van der Waals surface area (Å²) in [6.45, 7) is 8.90. The number of carbonyl (C=O) groups is 1. The zero-order valence-corrected chi connectivity index (χ0v) is 19.5. The second kappa shape index (κ2) is 9.92. The summed E-state index contributed by atoms with van der Waals surface area (Å²) in [5.74, 6) is 1.06. The van der Waals surface area contributed by atoms with E-state index in [-0.39, 0.29) is 11.8 Å². The highest BCUT2D eigenvalue weighted by molar-refractivity contribution is 5.95. The highest BCUT2D eigenvalue weighted by Gasteiger charge is 2.26. The topological polar surface area (TPSA) is 56.2 Å². The molecule has 1 saturated heterocycles. The molecule has 0 bridgehead atoms. The Labute approximate surface area is 191 Å². The van der Waals surface area contributed by atoms with Crippen LogP contribution in [-0.4, -0.2) is 62.3 Å². The van der Waals surface area contributed by atoms with Crippen LogP contribution >= 0.6 is 0 Å². The third-order valence-electron chi connectivity index (χ3n) is 6.60. The van der Waals surface area contributed by atoms with Gasteiger partial charge in [-0.2, -0.15) is 0 Å². The molecule has 0 aliphatic carbocycles. The molecule has 0 saturated carbocycles. The fourth-order valence-corrected chi connectivity index (χ4v) is 4.78. The Morgan fingerprint density at radius 2 is 1.78 bits per heavy atom. The van der Waals surface area contributed by atoms with Gasteiger partial charge in [-0.25, -0.2) is 0 Å². The maximum atomic E-state index is 12.6. The number of methoxy groups -OCH3 is 1. The minimum absolute atomic E-state index is 0.0132. The number of aryl methyl sites for hydroxylation is 1. The number of fused-ring (bicyclic) bond motifs is 1. The molecule has 172 valence electrons. The molecule has 2 aliphatic heterocycles. The number of hydrogen-bond acceptors (Lipinski definition) is 5. The molecule has 1 atom stereocenters. The van der Waals surface area contributed by atoms with Gasteiger partial charge in [-0.05, 0) is 42.2 Å². The highest BCUT2D eigenvalue weighted by Crippen LogP contribution is 2.32. The van der Waals surface area contributed by atoms with Gasteiger partial charge in [0.25, 0.3) is 0 Å². The van der Waals surface area contributed by atoms with Crippen LogP contribution < -0.4 is 14.5 Å². The quantitative estimate of drug-likeness (QED) is 0.750. The Kier molecular flexibility index (Phi) is 7.01. The minimum atomic E-state index is -0.533. The van der Waals surface area contributed by atoms with Crippen molar-refractivity contribution in [2.24, 2.45) is 5.92 Å². The van der Waals surface area contributed by atoms with E-state index >= 15 is 0 Å². The van der Waals surface area contributed by atoms with E-state index in [1.54, 1.807) is 7.11 Å². The molecule has 6 nitrogen and oxygen atoms in total. The van der Waals surface area contributed by atoms with Gasteiger partial charge in [0.15, 0.2) is 0 Å². The smallest absolute Gasteiger partial charge is 0.229 e. The van der Waals surface area contributed by atoms with Crippen molar-refractivity contribution in [1.82, 2.24) is 4.90 Å². The third kappa shape index (κ3) is 4.76. The fraction of sp³-hybridized carbons (Fsp3) is 0.500. The molecule has 6 heteroatoms. The maximum Gasteiger partial charge on any atom is 0.229 e. The number of nitrogens with zero attached hydrogens (tertiary/aromatic N) is 3. The normalized spacial score (nSPS) is 17.9. The molecule has 1 fully saturated rings. The summed E-state index contributed by atoms with van der Waals surface area (Å²) >= 11 is 0. The van der Waals surface area contributed by atoms with Crippen molar-refractivity contribution in [3.63, 3.8) is 0 Å². The molecular formula is C26H35N3O3. The van der Waals surface area contributed by atoms with Gasteiger partial charge in [-0.15, -0.1) is 0 Å². The molecule has 0 spiro atoms. The number of β-amino-alcohol motifs (C(OH)–C–C–N with tert-alkyl or cyclic N) is 1. The summed E-state index contributed by atoms with van der Waals surface area (Å²) in [6.07, 6.45) is 1.39. The van der Waals surface area contributed by atoms with Crippen LogP contribution in [0.5, 0.6) is 5.75 Å². The number of amides is 1. The van der Waals surface area contributed by atoms with Gasteiger partial charge >= 0.3 is 0 Å². The van der Waals surface area contributed by atoms with E-state index in [2.05, 4.69) is 21.9 Å². The first-order valence-corrected chi connectivity index (χ1v) is 11.7. The van der Waals surface area contributed by atoms with Crippen LogP contribution in [-0.2, 0) is 11.2 Å². The number of aliphatic hydroxyl groups excluding tert-OH is 1. The number of anilines is 2. The van der Waals surface area contributed by atoms with Gasteiger partial charge in [0, 0.05) is 50.9 Å². The van der Waals surface area contributed by atoms with Gasteiger partial charge in [0.1, 0.15) is 5.75 Å². The summed E-state index contributed by atoms with van der Waals surface area (Å²) in [7, 11) is 1.71. The summed E-state index contributed by atoms with van der Waals surface area (Å²) in [4.78, 5) is 19.2. The zero-order valence-electron chi connectivity index (χ0n) is 19.5. The van der Waals surface area contributed by atoms with E-state index in [0.29, 0.717) is 6.54 Å². The minimum Gasteiger partial charge on any atom is -0.495 e. The van der Waals surface area contributed by atoms with Crippen molar-refractivity contribution in [3.8, 4) is 5.75 Å². The van der Waals surface area contributed by atoms with Crippen LogP contribution in [0.4, 0.5) is 11.4 Å². The summed E-state index contributed by atoms with van der Waals surface area (Å²) < 4.78 is 5.51. The van der Waals surface area contributed by atoms with Crippen LogP contribution in [0, 0.1) is 5.92 Å². The Morgan fingerprint density at radius 3 is 2.50 bits per heavy atom. The van der Waals surface area contributed by atoms with Crippen LogP contribution in [0.2, 0.25) is 0 Å². The second-order valence-corrected chi connectivity index (χ2v) is 9.11. The van der Waals surface area contributed by atoms with Crippen molar-refractivity contribution in [1.29, 1.82) is 0 Å². The molecule has 2 aliphatic rings. The van der Waals surface area contributed by atoms with Crippen molar-refractivity contribution in [3.05, 3.63) is 53.6 Å². The maximum absolute atomic E-state index is 12.6. The van der Waals surface area contributed by atoms with Crippen molar-refractivity contribution in [2.75, 3.05) is 56.2 Å². The standard InChI is InChI=1S/C26H35N3O3/c1-19(2)26(31)29-12-6-7-20-17-21(10-11-22(20)29)24(30)18-27-13-15-28(16-14-27)23-8-4-5-9-25(23)32-3/h4-5,8-11,17,19,24,30H,6-7,12-16,18H2,1-3H3. The highest BCUT2D eigenvalue weighted by atomic mass is 16.5. The summed E-state index contributed by atoms with van der Waals surface area (Å²) in [6, 6.07) is 14.2. The lowest BCUT2D eigenvalue weighted by atomic mass is 9.96. The predicted octanol–water partition coefficient (Wildman–Crippen LogP) is 3.49. The lowest BCUT2D eigenvalue weighted by Gasteiger charge is -2.37. The number of ether oxygens (including phenoxy) is 1. The monoisotopic (exact) mass is 437 g/mol. The summed E-state index contributed by atoms with van der Waals surface area (Å²) in [5, 5.41) is 10.9. The molecule has 2 aromatic rings. The molecule has 0 aromatic heterocycles. The number of carbonyl (C=O) groups excluding carboxylic acids is 1. The van der Waals surface area contributed by atoms with Crippen LogP contribution in [0.15, 0.2) is 42.5 Å². The molecule has 1 N–H and O–H groups in total. The van der Waals surface area contributed by atoms with Crippen LogP contribution in [0.25, 0.3) is 0 Å². The molecule has 32 heavy (non-hydrogen) atoms. The molecular weight excluding hydrogens is 402 g/mol. The van der Waals surface area contributed by atoms with Gasteiger partial charge in [-0.1, -0.05) is 38.1 Å². The number of piperazine rings is 1. The van der Waals surface area contributed by atoms with Gasteiger partial charge in [0.2, 0.25) is 5.91 Å². The van der Waals surface area contributed by atoms with E-state index in [0.717, 1.165) is 68.3 Å². The van der Waals surface area contributed by atoms with E-state index in [1.165, 1.54) is 5.56 Å². The van der Waals surface area contributed by atoms with Gasteiger partial charge < -0.3 is 19.6 Å². The predicted molar refractivity (Wildman–Crippen MR) is 129 cm³/mol. The lowest BCUT2D eigenvalue weighted by Crippen LogP contribution is -2.47. The molecule has 2 heterocycles. The number of rotatable bonds is 6. The molecule has 4 rings (SSSR count). The van der Waals surface area contributed by atoms with E-state index in [9.17, 15) is 9.90 Å². The summed E-state index contributed by atoms with van der Waals surface area (Å²) in [5.41, 5.74) is 4.25. The molecule has 2 aromatic carbocycles. The second-order valence-electron chi connectivity index (χ2n) is 9.11. The zero-order chi connectivity index (χ0) is 22.7. The Balaban J connectivity index is 1.38. The van der Waals surface area contributed by atoms with Crippen LogP contribution in [0.3, 0.4) is 0 Å². The van der Waals surface area contributed by atoms with Crippen LogP contribution in [0.1, 0.15) is 37.5 Å². The van der Waals surface area contributed by atoms with Crippen molar-refractivity contribution in [2.45, 2.75) is 32.8 Å². The number of aliphatic hydroxyl groups is 1. The first-order valence-electron chi connectivity index (χ1n) is 11.7. The Bertz CT molecular complexity index is 938. The molecule has 1 unspecified atom stereocenters.